The van der Waals surface area contributed by atoms with E-state index in [1.807, 2.05) is 0 Å². The van der Waals surface area contributed by atoms with Crippen LogP contribution in [0.5, 0.6) is 0 Å². The van der Waals surface area contributed by atoms with Gasteiger partial charge in [0.1, 0.15) is 17.5 Å². The third-order valence-corrected chi connectivity index (χ3v) is 3.31. The van der Waals surface area contributed by atoms with Crippen molar-refractivity contribution in [3.8, 4) is 0 Å². The molecule has 2 aromatic carbocycles. The van der Waals surface area contributed by atoms with Crippen molar-refractivity contribution in [3.05, 3.63) is 70.5 Å². The first-order valence-corrected chi connectivity index (χ1v) is 6.38. The van der Waals surface area contributed by atoms with Crippen LogP contribution in [0.2, 0.25) is 0 Å². The number of aryl methyl sites for hydroxylation is 1. The van der Waals surface area contributed by atoms with Crippen LogP contribution in [-0.4, -0.2) is 7.05 Å². The Balaban J connectivity index is 2.31. The lowest BCUT2D eigenvalue weighted by Crippen LogP contribution is -2.20. The Hall–Kier alpha value is -1.81. The summed E-state index contributed by atoms with van der Waals surface area (Å²) in [7, 11) is 1.67. The van der Waals surface area contributed by atoms with Crippen molar-refractivity contribution in [2.45, 2.75) is 19.4 Å². The summed E-state index contributed by atoms with van der Waals surface area (Å²) in [5.74, 6) is -1.33. The molecule has 0 spiro atoms. The van der Waals surface area contributed by atoms with Crippen LogP contribution >= 0.6 is 0 Å². The summed E-state index contributed by atoms with van der Waals surface area (Å²) in [6.07, 6.45) is 0.181. The first kappa shape index (κ1) is 14.6. The lowest BCUT2D eigenvalue weighted by Gasteiger charge is -2.18. The molecule has 0 aliphatic rings. The number of benzene rings is 2. The van der Waals surface area contributed by atoms with Gasteiger partial charge in [0.15, 0.2) is 0 Å². The summed E-state index contributed by atoms with van der Waals surface area (Å²) in [4.78, 5) is 0. The quantitative estimate of drug-likeness (QED) is 0.894. The molecule has 0 saturated heterocycles. The van der Waals surface area contributed by atoms with Gasteiger partial charge in [0.05, 0.1) is 0 Å². The minimum Gasteiger partial charge on any atom is -0.313 e. The summed E-state index contributed by atoms with van der Waals surface area (Å²) < 4.78 is 40.8. The Kier molecular flexibility index (Phi) is 4.45. The molecule has 1 nitrogen and oxygen atoms in total. The zero-order chi connectivity index (χ0) is 14.7. The van der Waals surface area contributed by atoms with E-state index in [1.165, 1.54) is 6.07 Å². The Morgan fingerprint density at radius 1 is 1.00 bits per heavy atom. The van der Waals surface area contributed by atoms with E-state index in [0.29, 0.717) is 5.56 Å². The zero-order valence-corrected chi connectivity index (χ0v) is 11.4. The van der Waals surface area contributed by atoms with E-state index in [4.69, 9.17) is 0 Å². The molecule has 0 heterocycles. The fourth-order valence-electron chi connectivity index (χ4n) is 2.20. The van der Waals surface area contributed by atoms with Crippen molar-refractivity contribution in [1.29, 1.82) is 0 Å². The van der Waals surface area contributed by atoms with Crippen molar-refractivity contribution in [2.75, 3.05) is 7.05 Å². The van der Waals surface area contributed by atoms with Gasteiger partial charge in [-0.2, -0.15) is 0 Å². The summed E-state index contributed by atoms with van der Waals surface area (Å²) in [6, 6.07) is 7.79. The van der Waals surface area contributed by atoms with Crippen LogP contribution < -0.4 is 5.32 Å². The Labute approximate surface area is 116 Å². The van der Waals surface area contributed by atoms with Gasteiger partial charge in [-0.3, -0.25) is 0 Å². The number of hydrogen-bond donors (Lipinski definition) is 1. The van der Waals surface area contributed by atoms with Gasteiger partial charge in [0.25, 0.3) is 0 Å². The maximum Gasteiger partial charge on any atom is 0.128 e. The van der Waals surface area contributed by atoms with Crippen LogP contribution in [0.4, 0.5) is 13.2 Å². The molecule has 4 heteroatoms. The third-order valence-electron chi connectivity index (χ3n) is 3.31. The number of rotatable bonds is 4. The Bertz CT molecular complexity index is 611. The average molecular weight is 279 g/mol. The smallest absolute Gasteiger partial charge is 0.128 e. The highest BCUT2D eigenvalue weighted by Gasteiger charge is 2.17. The summed E-state index contributed by atoms with van der Waals surface area (Å²) >= 11 is 0. The van der Waals surface area contributed by atoms with Crippen molar-refractivity contribution in [3.63, 3.8) is 0 Å². The van der Waals surface area contributed by atoms with Gasteiger partial charge >= 0.3 is 0 Å². The Morgan fingerprint density at radius 3 is 2.40 bits per heavy atom. The maximum absolute atomic E-state index is 14.0. The molecular weight excluding hydrogens is 263 g/mol. The monoisotopic (exact) mass is 279 g/mol. The largest absolute Gasteiger partial charge is 0.313 e. The van der Waals surface area contributed by atoms with Crippen LogP contribution in [0.3, 0.4) is 0 Å². The second-order valence-corrected chi connectivity index (χ2v) is 4.81. The van der Waals surface area contributed by atoms with Crippen LogP contribution in [0.1, 0.15) is 22.7 Å². The molecule has 1 N–H and O–H groups in total. The lowest BCUT2D eigenvalue weighted by molar-refractivity contribution is 0.515. The van der Waals surface area contributed by atoms with Gasteiger partial charge in [-0.25, -0.2) is 13.2 Å². The number of nitrogens with one attached hydrogen (secondary N) is 1. The highest BCUT2D eigenvalue weighted by molar-refractivity contribution is 5.29. The molecule has 0 aromatic heterocycles. The molecule has 0 amide bonds. The SMILES string of the molecule is CNC(Cc1cc(F)ccc1F)c1ccc(C)cc1F. The van der Waals surface area contributed by atoms with Crippen LogP contribution in [0.25, 0.3) is 0 Å². The maximum atomic E-state index is 14.0. The molecule has 0 bridgehead atoms. The van der Waals surface area contributed by atoms with E-state index in [2.05, 4.69) is 5.32 Å². The van der Waals surface area contributed by atoms with E-state index in [-0.39, 0.29) is 17.8 Å². The van der Waals surface area contributed by atoms with Crippen molar-refractivity contribution < 1.29 is 13.2 Å². The summed E-state index contributed by atoms with van der Waals surface area (Å²) in [6.45, 7) is 1.80. The standard InChI is InChI=1S/C16H16F3N/c1-10-3-5-13(15(19)7-10)16(20-2)9-11-8-12(17)4-6-14(11)18/h3-8,16,20H,9H2,1-2H3. The Morgan fingerprint density at radius 2 is 1.75 bits per heavy atom. The van der Waals surface area contributed by atoms with E-state index >= 15 is 0 Å². The van der Waals surface area contributed by atoms with Crippen LogP contribution in [0.15, 0.2) is 36.4 Å². The molecule has 20 heavy (non-hydrogen) atoms. The molecule has 2 aromatic rings. The second kappa shape index (κ2) is 6.09. The molecule has 0 aliphatic heterocycles. The molecule has 0 saturated carbocycles. The lowest BCUT2D eigenvalue weighted by atomic mass is 9.97. The molecular formula is C16H16F3N. The van der Waals surface area contributed by atoms with E-state index in [9.17, 15) is 13.2 Å². The van der Waals surface area contributed by atoms with Crippen LogP contribution in [-0.2, 0) is 6.42 Å². The minimum absolute atomic E-state index is 0.181. The molecule has 1 unspecified atom stereocenters. The highest BCUT2D eigenvalue weighted by atomic mass is 19.1. The van der Waals surface area contributed by atoms with Crippen LogP contribution in [0, 0.1) is 24.4 Å². The normalized spacial score (nSPS) is 12.4. The second-order valence-electron chi connectivity index (χ2n) is 4.81. The van der Waals surface area contributed by atoms with Gasteiger partial charge in [-0.15, -0.1) is 0 Å². The zero-order valence-electron chi connectivity index (χ0n) is 11.4. The molecule has 106 valence electrons. The van der Waals surface area contributed by atoms with Gasteiger partial charge in [0, 0.05) is 11.6 Å². The molecule has 0 fully saturated rings. The first-order valence-electron chi connectivity index (χ1n) is 6.38. The van der Waals surface area contributed by atoms with Gasteiger partial charge in [-0.1, -0.05) is 12.1 Å². The molecule has 1 atom stereocenters. The van der Waals surface area contributed by atoms with E-state index in [1.54, 1.807) is 26.1 Å². The minimum atomic E-state index is -0.499. The van der Waals surface area contributed by atoms with Gasteiger partial charge in [-0.05, 0) is 55.8 Å². The third kappa shape index (κ3) is 3.20. The predicted molar refractivity (Wildman–Crippen MR) is 73.0 cm³/mol. The number of likely N-dealkylation sites (N-methyl/N-ethyl adjacent to an activating group) is 1. The average Bonchev–Trinajstić information content (AvgIpc) is 2.40. The fraction of sp³-hybridized carbons (Fsp3) is 0.250. The molecule has 2 rings (SSSR count). The van der Waals surface area contributed by atoms with E-state index in [0.717, 1.165) is 23.8 Å². The summed E-state index contributed by atoms with van der Waals surface area (Å²) in [5.41, 5.74) is 1.49. The highest BCUT2D eigenvalue weighted by Crippen LogP contribution is 2.23. The summed E-state index contributed by atoms with van der Waals surface area (Å²) in [5, 5.41) is 2.94. The topological polar surface area (TPSA) is 12.0 Å². The van der Waals surface area contributed by atoms with Gasteiger partial charge < -0.3 is 5.32 Å². The molecule has 0 radical (unpaired) electrons. The van der Waals surface area contributed by atoms with Crippen molar-refractivity contribution in [1.82, 2.24) is 5.32 Å². The van der Waals surface area contributed by atoms with E-state index < -0.39 is 17.7 Å². The molecule has 0 aliphatic carbocycles. The fourth-order valence-corrected chi connectivity index (χ4v) is 2.20. The van der Waals surface area contributed by atoms with Gasteiger partial charge in [0.2, 0.25) is 0 Å². The van der Waals surface area contributed by atoms with Crippen molar-refractivity contribution >= 4 is 0 Å². The van der Waals surface area contributed by atoms with Crippen molar-refractivity contribution in [2.24, 2.45) is 0 Å². The first-order chi connectivity index (χ1) is 9.51. The predicted octanol–water partition coefficient (Wildman–Crippen LogP) is 3.92. The number of hydrogen-bond acceptors (Lipinski definition) is 1. The number of halogens is 3.